The summed E-state index contributed by atoms with van der Waals surface area (Å²) in [5.74, 6) is 0.686. The van der Waals surface area contributed by atoms with Gasteiger partial charge in [0.15, 0.2) is 0 Å². The van der Waals surface area contributed by atoms with Gasteiger partial charge in [-0.3, -0.25) is 4.79 Å². The Morgan fingerprint density at radius 2 is 2.42 bits per heavy atom. The van der Waals surface area contributed by atoms with Crippen LogP contribution in [0.2, 0.25) is 0 Å². The molecular formula is C9H15NO2. The monoisotopic (exact) mass is 169 g/mol. The molecule has 1 saturated carbocycles. The summed E-state index contributed by atoms with van der Waals surface area (Å²) in [7, 11) is 0. The normalized spacial score (nSPS) is 38.6. The third-order valence-electron chi connectivity index (χ3n) is 2.94. The minimum Gasteiger partial charge on any atom is -0.465 e. The molecule has 0 aromatic carbocycles. The van der Waals surface area contributed by atoms with E-state index in [2.05, 4.69) is 5.32 Å². The Labute approximate surface area is 72.5 Å². The van der Waals surface area contributed by atoms with Crippen LogP contribution in [-0.2, 0) is 9.53 Å². The first-order valence-corrected chi connectivity index (χ1v) is 4.74. The van der Waals surface area contributed by atoms with Crippen LogP contribution in [0.3, 0.4) is 0 Å². The zero-order chi connectivity index (χ0) is 8.55. The van der Waals surface area contributed by atoms with Crippen molar-refractivity contribution in [2.45, 2.75) is 38.3 Å². The van der Waals surface area contributed by atoms with Crippen LogP contribution in [0.5, 0.6) is 0 Å². The standard InChI is InChI=1S/C9H15NO2/c1-2-12-9(11)8-5-6-3-4-7(6)10-8/h6-8,10H,2-5H2,1H3/t6-,7-,8-/m1/s1. The lowest BCUT2D eigenvalue weighted by molar-refractivity contribution is -0.145. The van der Waals surface area contributed by atoms with Crippen molar-refractivity contribution in [3.8, 4) is 0 Å². The summed E-state index contributed by atoms with van der Waals surface area (Å²) >= 11 is 0. The molecule has 3 heteroatoms. The van der Waals surface area contributed by atoms with Gasteiger partial charge < -0.3 is 10.1 Å². The zero-order valence-corrected chi connectivity index (χ0v) is 7.38. The van der Waals surface area contributed by atoms with Gasteiger partial charge in [-0.1, -0.05) is 0 Å². The molecule has 12 heavy (non-hydrogen) atoms. The molecule has 1 aliphatic heterocycles. The molecule has 3 atom stereocenters. The van der Waals surface area contributed by atoms with Crippen LogP contribution in [0, 0.1) is 5.92 Å². The minimum absolute atomic E-state index is 0.0116. The van der Waals surface area contributed by atoms with E-state index in [9.17, 15) is 4.79 Å². The van der Waals surface area contributed by atoms with E-state index in [1.807, 2.05) is 6.92 Å². The van der Waals surface area contributed by atoms with Crippen molar-refractivity contribution in [2.75, 3.05) is 6.61 Å². The van der Waals surface area contributed by atoms with Crippen LogP contribution in [0.4, 0.5) is 0 Å². The van der Waals surface area contributed by atoms with Gasteiger partial charge in [0, 0.05) is 6.04 Å². The summed E-state index contributed by atoms with van der Waals surface area (Å²) in [6, 6.07) is 0.599. The summed E-state index contributed by atoms with van der Waals surface area (Å²) < 4.78 is 4.95. The predicted molar refractivity (Wildman–Crippen MR) is 44.7 cm³/mol. The van der Waals surface area contributed by atoms with E-state index in [0.717, 1.165) is 12.3 Å². The fourth-order valence-corrected chi connectivity index (χ4v) is 2.11. The van der Waals surface area contributed by atoms with Gasteiger partial charge in [0.25, 0.3) is 0 Å². The number of hydrogen-bond acceptors (Lipinski definition) is 3. The molecule has 0 spiro atoms. The smallest absolute Gasteiger partial charge is 0.323 e. The maximum atomic E-state index is 11.3. The van der Waals surface area contributed by atoms with Gasteiger partial charge >= 0.3 is 5.97 Å². The molecule has 2 aliphatic rings. The summed E-state index contributed by atoms with van der Waals surface area (Å²) in [5.41, 5.74) is 0. The fraction of sp³-hybridized carbons (Fsp3) is 0.889. The third-order valence-corrected chi connectivity index (χ3v) is 2.94. The van der Waals surface area contributed by atoms with Gasteiger partial charge in [-0.25, -0.2) is 0 Å². The van der Waals surface area contributed by atoms with Crippen molar-refractivity contribution in [3.05, 3.63) is 0 Å². The Balaban J connectivity index is 1.85. The van der Waals surface area contributed by atoms with Crippen LogP contribution < -0.4 is 5.32 Å². The van der Waals surface area contributed by atoms with Gasteiger partial charge in [-0.15, -0.1) is 0 Å². The molecule has 0 radical (unpaired) electrons. The summed E-state index contributed by atoms with van der Waals surface area (Å²) in [6.45, 7) is 2.34. The number of hydrogen-bond donors (Lipinski definition) is 1. The van der Waals surface area contributed by atoms with Crippen LogP contribution in [0.15, 0.2) is 0 Å². The summed E-state index contributed by atoms with van der Waals surface area (Å²) in [6.07, 6.45) is 3.51. The molecule has 2 rings (SSSR count). The molecule has 2 fully saturated rings. The third kappa shape index (κ3) is 1.22. The Bertz CT molecular complexity index is 181. The molecule has 68 valence electrons. The molecule has 0 amide bonds. The number of carbonyl (C=O) groups excluding carboxylic acids is 1. The first kappa shape index (κ1) is 8.05. The maximum absolute atomic E-state index is 11.3. The van der Waals surface area contributed by atoms with Gasteiger partial charge in [0.2, 0.25) is 0 Å². The van der Waals surface area contributed by atoms with Gasteiger partial charge in [0.05, 0.1) is 6.61 Å². The number of esters is 1. The number of ether oxygens (including phenoxy) is 1. The van der Waals surface area contributed by atoms with Crippen LogP contribution in [0.1, 0.15) is 26.2 Å². The fourth-order valence-electron chi connectivity index (χ4n) is 2.11. The van der Waals surface area contributed by atoms with Crippen LogP contribution >= 0.6 is 0 Å². The Kier molecular flexibility index (Phi) is 2.05. The molecule has 0 aromatic heterocycles. The van der Waals surface area contributed by atoms with Crippen molar-refractivity contribution >= 4 is 5.97 Å². The topological polar surface area (TPSA) is 38.3 Å². The molecule has 1 N–H and O–H groups in total. The number of nitrogens with one attached hydrogen (secondary N) is 1. The summed E-state index contributed by atoms with van der Waals surface area (Å²) in [4.78, 5) is 11.3. The Morgan fingerprint density at radius 1 is 1.58 bits per heavy atom. The average Bonchev–Trinajstić information content (AvgIpc) is 2.29. The Morgan fingerprint density at radius 3 is 2.83 bits per heavy atom. The van der Waals surface area contributed by atoms with Gasteiger partial charge in [0.1, 0.15) is 6.04 Å². The number of fused-ring (bicyclic) bond motifs is 1. The van der Waals surface area contributed by atoms with Crippen molar-refractivity contribution in [1.82, 2.24) is 5.32 Å². The van der Waals surface area contributed by atoms with Gasteiger partial charge in [-0.05, 0) is 32.1 Å². The van der Waals surface area contributed by atoms with Crippen LogP contribution in [-0.4, -0.2) is 24.7 Å². The van der Waals surface area contributed by atoms with E-state index in [4.69, 9.17) is 4.74 Å². The average molecular weight is 169 g/mol. The first-order chi connectivity index (χ1) is 5.81. The molecule has 0 unspecified atom stereocenters. The second-order valence-electron chi connectivity index (χ2n) is 3.65. The second kappa shape index (κ2) is 3.05. The maximum Gasteiger partial charge on any atom is 0.323 e. The molecular weight excluding hydrogens is 154 g/mol. The van der Waals surface area contributed by atoms with Crippen LogP contribution in [0.25, 0.3) is 0 Å². The minimum atomic E-state index is -0.0631. The highest BCUT2D eigenvalue weighted by Crippen LogP contribution is 2.37. The van der Waals surface area contributed by atoms with E-state index < -0.39 is 0 Å². The molecule has 3 nitrogen and oxygen atoms in total. The molecule has 1 saturated heterocycles. The lowest BCUT2D eigenvalue weighted by atomic mass is 9.80. The summed E-state index contributed by atoms with van der Waals surface area (Å²) in [5, 5.41) is 3.30. The van der Waals surface area contributed by atoms with E-state index >= 15 is 0 Å². The van der Waals surface area contributed by atoms with E-state index in [-0.39, 0.29) is 12.0 Å². The van der Waals surface area contributed by atoms with Crippen molar-refractivity contribution in [3.63, 3.8) is 0 Å². The molecule has 0 bridgehead atoms. The zero-order valence-electron chi connectivity index (χ0n) is 7.38. The molecule has 1 aliphatic carbocycles. The van der Waals surface area contributed by atoms with E-state index in [0.29, 0.717) is 12.6 Å². The largest absolute Gasteiger partial charge is 0.465 e. The van der Waals surface area contributed by atoms with Crippen molar-refractivity contribution < 1.29 is 9.53 Å². The predicted octanol–water partition coefficient (Wildman–Crippen LogP) is 0.690. The quantitative estimate of drug-likeness (QED) is 0.618. The molecule has 0 aromatic rings. The number of rotatable bonds is 2. The van der Waals surface area contributed by atoms with E-state index in [1.165, 1.54) is 12.8 Å². The first-order valence-electron chi connectivity index (χ1n) is 4.74. The van der Waals surface area contributed by atoms with Crippen molar-refractivity contribution in [2.24, 2.45) is 5.92 Å². The second-order valence-corrected chi connectivity index (χ2v) is 3.65. The van der Waals surface area contributed by atoms with E-state index in [1.54, 1.807) is 0 Å². The SMILES string of the molecule is CCOC(=O)[C@H]1C[C@H]2CC[C@H]2N1. The van der Waals surface area contributed by atoms with Gasteiger partial charge in [-0.2, -0.15) is 0 Å². The van der Waals surface area contributed by atoms with Crippen molar-refractivity contribution in [1.29, 1.82) is 0 Å². The highest BCUT2D eigenvalue weighted by molar-refractivity contribution is 5.76. The highest BCUT2D eigenvalue weighted by atomic mass is 16.5. The lowest BCUT2D eigenvalue weighted by Gasteiger charge is -2.29. The molecule has 1 heterocycles. The number of carbonyl (C=O) groups is 1. The lowest BCUT2D eigenvalue weighted by Crippen LogP contribution is -2.40. The Hall–Kier alpha value is -0.570. The highest BCUT2D eigenvalue weighted by Gasteiger charge is 2.42.